The van der Waals surface area contributed by atoms with Crippen molar-refractivity contribution in [3.05, 3.63) is 29.1 Å². The number of nitrogens with one attached hydrogen (secondary N) is 1. The lowest BCUT2D eigenvalue weighted by molar-refractivity contribution is -0.139. The molecule has 2 aliphatic rings. The molecule has 1 N–H and O–H groups in total. The number of hydrogen-bond donors (Lipinski definition) is 1. The Morgan fingerprint density at radius 1 is 1.32 bits per heavy atom. The molecule has 2 fully saturated rings. The third-order valence-electron chi connectivity index (χ3n) is 6.45. The van der Waals surface area contributed by atoms with Crippen molar-refractivity contribution in [2.45, 2.75) is 50.9 Å². The Balaban J connectivity index is 1.43. The quantitative estimate of drug-likeness (QED) is 0.704. The average molecular weight is 446 g/mol. The molecule has 1 atom stereocenters. The van der Waals surface area contributed by atoms with E-state index in [1.165, 1.54) is 30.6 Å². The predicted molar refractivity (Wildman–Crippen MR) is 119 cm³/mol. The molecule has 4 rings (SSSR count). The highest BCUT2D eigenvalue weighted by atomic mass is 32.1. The molecule has 1 aliphatic carbocycles. The molecule has 9 heteroatoms. The maximum absolute atomic E-state index is 13.2. The summed E-state index contributed by atoms with van der Waals surface area (Å²) in [6.07, 6.45) is 8.97. The lowest BCUT2D eigenvalue weighted by Crippen LogP contribution is -2.44. The molecule has 0 radical (unpaired) electrons. The first-order chi connectivity index (χ1) is 14.9. The zero-order chi connectivity index (χ0) is 21.8. The van der Waals surface area contributed by atoms with E-state index in [-0.39, 0.29) is 18.4 Å². The van der Waals surface area contributed by atoms with Gasteiger partial charge in [0, 0.05) is 50.6 Å². The van der Waals surface area contributed by atoms with E-state index in [2.05, 4.69) is 21.5 Å². The average Bonchev–Trinajstić information content (AvgIpc) is 3.51. The van der Waals surface area contributed by atoms with Crippen molar-refractivity contribution in [2.75, 3.05) is 39.0 Å². The van der Waals surface area contributed by atoms with Gasteiger partial charge in [-0.25, -0.2) is 4.98 Å². The molecule has 1 saturated heterocycles. The van der Waals surface area contributed by atoms with Crippen molar-refractivity contribution in [3.63, 3.8) is 0 Å². The zero-order valence-electron chi connectivity index (χ0n) is 18.3. The number of thiazole rings is 1. The van der Waals surface area contributed by atoms with Crippen molar-refractivity contribution < 1.29 is 14.1 Å². The van der Waals surface area contributed by atoms with Gasteiger partial charge >= 0.3 is 0 Å². The number of rotatable bonds is 7. The van der Waals surface area contributed by atoms with Crippen LogP contribution in [0.5, 0.6) is 0 Å². The van der Waals surface area contributed by atoms with Crippen LogP contribution < -0.4 is 5.32 Å². The minimum Gasteiger partial charge on any atom is -0.361 e. The second-order valence-corrected chi connectivity index (χ2v) is 9.95. The fourth-order valence-corrected chi connectivity index (χ4v) is 5.49. The highest BCUT2D eigenvalue weighted by Crippen LogP contribution is 2.38. The van der Waals surface area contributed by atoms with Crippen molar-refractivity contribution in [1.82, 2.24) is 19.9 Å². The molecule has 168 valence electrons. The standard InChI is InChI=1S/C22H31N5O3S/c1-26(2)20(29)22(13-17-12-18(25-30-17)16-6-4-3-5-7-16)8-10-27(15-22)14-19(28)24-21-23-9-11-31-21/h9,11-12,16H,3-8,10,13-15H2,1-2H3,(H,23,24,28). The van der Waals surface area contributed by atoms with Gasteiger partial charge < -0.3 is 14.7 Å². The van der Waals surface area contributed by atoms with E-state index in [0.29, 0.717) is 37.0 Å². The van der Waals surface area contributed by atoms with Gasteiger partial charge in [0.2, 0.25) is 11.8 Å². The Hall–Kier alpha value is -2.26. The predicted octanol–water partition coefficient (Wildman–Crippen LogP) is 3.14. The molecular formula is C22H31N5O3S. The topological polar surface area (TPSA) is 91.6 Å². The number of carbonyl (C=O) groups excluding carboxylic acids is 2. The van der Waals surface area contributed by atoms with Gasteiger partial charge in [-0.3, -0.25) is 14.5 Å². The highest BCUT2D eigenvalue weighted by Gasteiger charge is 2.46. The maximum atomic E-state index is 13.2. The molecule has 2 aromatic rings. The minimum atomic E-state index is -0.603. The van der Waals surface area contributed by atoms with Gasteiger partial charge in [-0.15, -0.1) is 11.3 Å². The Labute approximate surface area is 187 Å². The van der Waals surface area contributed by atoms with Crippen molar-refractivity contribution in [2.24, 2.45) is 5.41 Å². The molecule has 1 unspecified atom stereocenters. The van der Waals surface area contributed by atoms with E-state index >= 15 is 0 Å². The molecule has 2 amide bonds. The Morgan fingerprint density at radius 2 is 2.13 bits per heavy atom. The molecule has 0 aromatic carbocycles. The van der Waals surface area contributed by atoms with E-state index in [1.807, 2.05) is 10.3 Å². The van der Waals surface area contributed by atoms with Crippen LogP contribution in [0.4, 0.5) is 5.13 Å². The zero-order valence-corrected chi connectivity index (χ0v) is 19.1. The monoisotopic (exact) mass is 445 g/mol. The van der Waals surface area contributed by atoms with Crippen LogP contribution in [0.3, 0.4) is 0 Å². The SMILES string of the molecule is CN(C)C(=O)C1(Cc2cc(C3CCCCC3)no2)CCN(CC(=O)Nc2nccs2)C1. The first-order valence-electron chi connectivity index (χ1n) is 11.0. The van der Waals surface area contributed by atoms with Crippen molar-refractivity contribution in [1.29, 1.82) is 0 Å². The summed E-state index contributed by atoms with van der Waals surface area (Å²) in [4.78, 5) is 33.4. The van der Waals surface area contributed by atoms with Crippen LogP contribution >= 0.6 is 11.3 Å². The van der Waals surface area contributed by atoms with Crippen LogP contribution in [0.1, 0.15) is 55.9 Å². The molecule has 1 aliphatic heterocycles. The van der Waals surface area contributed by atoms with Crippen LogP contribution in [-0.4, -0.2) is 65.5 Å². The molecule has 31 heavy (non-hydrogen) atoms. The molecular weight excluding hydrogens is 414 g/mol. The van der Waals surface area contributed by atoms with Gasteiger partial charge in [0.1, 0.15) is 5.76 Å². The van der Waals surface area contributed by atoms with E-state index in [9.17, 15) is 9.59 Å². The summed E-state index contributed by atoms with van der Waals surface area (Å²) in [5, 5.41) is 9.58. The van der Waals surface area contributed by atoms with E-state index < -0.39 is 5.41 Å². The number of aromatic nitrogens is 2. The lowest BCUT2D eigenvalue weighted by Gasteiger charge is -2.30. The number of carbonyl (C=O) groups is 2. The summed E-state index contributed by atoms with van der Waals surface area (Å²) >= 11 is 1.39. The second kappa shape index (κ2) is 9.48. The highest BCUT2D eigenvalue weighted by molar-refractivity contribution is 7.13. The van der Waals surface area contributed by atoms with Crippen molar-refractivity contribution >= 4 is 28.3 Å². The Morgan fingerprint density at radius 3 is 2.84 bits per heavy atom. The summed E-state index contributed by atoms with van der Waals surface area (Å²) in [6, 6.07) is 2.05. The smallest absolute Gasteiger partial charge is 0.240 e. The number of amides is 2. The Bertz CT molecular complexity index is 891. The molecule has 3 heterocycles. The van der Waals surface area contributed by atoms with Gasteiger partial charge in [-0.05, 0) is 25.8 Å². The summed E-state index contributed by atoms with van der Waals surface area (Å²) in [7, 11) is 3.57. The normalized spacial score (nSPS) is 22.5. The number of anilines is 1. The number of hydrogen-bond acceptors (Lipinski definition) is 7. The van der Waals surface area contributed by atoms with Gasteiger partial charge in [0.25, 0.3) is 0 Å². The fraction of sp³-hybridized carbons (Fsp3) is 0.636. The third-order valence-corrected chi connectivity index (χ3v) is 7.14. The third kappa shape index (κ3) is 5.15. The number of likely N-dealkylation sites (tertiary alicyclic amines) is 1. The molecule has 0 bridgehead atoms. The fourth-order valence-electron chi connectivity index (χ4n) is 4.95. The molecule has 1 saturated carbocycles. The van der Waals surface area contributed by atoms with Gasteiger partial charge in [-0.2, -0.15) is 0 Å². The minimum absolute atomic E-state index is 0.0750. The number of nitrogens with zero attached hydrogens (tertiary/aromatic N) is 4. The first kappa shape index (κ1) is 22.0. The van der Waals surface area contributed by atoms with Gasteiger partial charge in [0.05, 0.1) is 17.7 Å². The Kier molecular flexibility index (Phi) is 6.71. The van der Waals surface area contributed by atoms with Crippen LogP contribution in [0.2, 0.25) is 0 Å². The molecule has 0 spiro atoms. The van der Waals surface area contributed by atoms with E-state index in [4.69, 9.17) is 4.52 Å². The van der Waals surface area contributed by atoms with E-state index in [1.54, 1.807) is 25.2 Å². The lowest BCUT2D eigenvalue weighted by atomic mass is 9.80. The second-order valence-electron chi connectivity index (χ2n) is 9.06. The van der Waals surface area contributed by atoms with E-state index in [0.717, 1.165) is 24.3 Å². The summed E-state index contributed by atoms with van der Waals surface area (Å²) in [6.45, 7) is 1.45. The summed E-state index contributed by atoms with van der Waals surface area (Å²) < 4.78 is 5.70. The van der Waals surface area contributed by atoms with Crippen LogP contribution in [0.25, 0.3) is 0 Å². The first-order valence-corrected chi connectivity index (χ1v) is 11.9. The molecule has 2 aromatic heterocycles. The van der Waals surface area contributed by atoms with Crippen LogP contribution in [-0.2, 0) is 16.0 Å². The largest absolute Gasteiger partial charge is 0.361 e. The van der Waals surface area contributed by atoms with Crippen molar-refractivity contribution in [3.8, 4) is 0 Å². The van der Waals surface area contributed by atoms with Crippen LogP contribution in [0, 0.1) is 5.41 Å². The summed E-state index contributed by atoms with van der Waals surface area (Å²) in [5.74, 6) is 1.21. The maximum Gasteiger partial charge on any atom is 0.240 e. The summed E-state index contributed by atoms with van der Waals surface area (Å²) in [5.41, 5.74) is 0.425. The molecule has 8 nitrogen and oxygen atoms in total. The van der Waals surface area contributed by atoms with Crippen LogP contribution in [0.15, 0.2) is 22.2 Å². The van der Waals surface area contributed by atoms with Gasteiger partial charge in [-0.1, -0.05) is 24.4 Å². The van der Waals surface area contributed by atoms with Gasteiger partial charge in [0.15, 0.2) is 5.13 Å².